The molecule has 0 unspecified atom stereocenters. The van der Waals surface area contributed by atoms with Crippen molar-refractivity contribution in [2.24, 2.45) is 7.05 Å². The van der Waals surface area contributed by atoms with E-state index >= 15 is 0 Å². The molecule has 0 aliphatic heterocycles. The highest BCUT2D eigenvalue weighted by Crippen LogP contribution is 2.19. The molecule has 2 aromatic rings. The van der Waals surface area contributed by atoms with Gasteiger partial charge in [-0.05, 0) is 18.6 Å². The minimum absolute atomic E-state index is 0.503. The molecule has 86 valence electrons. The van der Waals surface area contributed by atoms with E-state index < -0.39 is 0 Å². The lowest BCUT2D eigenvalue weighted by atomic mass is 10.3. The number of imidazole rings is 1. The van der Waals surface area contributed by atoms with Crippen molar-refractivity contribution in [3.05, 3.63) is 22.1 Å². The van der Waals surface area contributed by atoms with Gasteiger partial charge in [0.1, 0.15) is 5.52 Å². The minimum Gasteiger partial charge on any atom is -0.328 e. The number of hydrogen-bond donors (Lipinski definition) is 1. The van der Waals surface area contributed by atoms with E-state index in [1.165, 1.54) is 0 Å². The summed E-state index contributed by atoms with van der Waals surface area (Å²) >= 11 is 11.1. The molecule has 2 heterocycles. The summed E-state index contributed by atoms with van der Waals surface area (Å²) < 4.78 is 4.38. The van der Waals surface area contributed by atoms with E-state index in [1.54, 1.807) is 0 Å². The van der Waals surface area contributed by atoms with Gasteiger partial charge >= 0.3 is 0 Å². The first kappa shape index (κ1) is 11.4. The third kappa shape index (κ3) is 1.70. The molecule has 0 fully saturated rings. The number of rotatable bonds is 3. The van der Waals surface area contributed by atoms with Gasteiger partial charge in [0.2, 0.25) is 0 Å². The standard InChI is InChI=1S/C10H13ClN4S/c1-4-7-8-9(14(3)13-7)15(5-6(2)11)10(16)12-8/h2,4-5H2,1,3H3,(H,12,16). The van der Waals surface area contributed by atoms with Gasteiger partial charge in [-0.3, -0.25) is 9.25 Å². The number of aromatic amines is 1. The molecule has 16 heavy (non-hydrogen) atoms. The number of allylic oxidation sites excluding steroid dienone is 1. The maximum atomic E-state index is 5.83. The third-order valence-corrected chi connectivity index (χ3v) is 2.93. The van der Waals surface area contributed by atoms with Gasteiger partial charge in [0.25, 0.3) is 0 Å². The topological polar surface area (TPSA) is 38.5 Å². The summed E-state index contributed by atoms with van der Waals surface area (Å²) in [6.07, 6.45) is 0.869. The molecule has 0 spiro atoms. The highest BCUT2D eigenvalue weighted by molar-refractivity contribution is 7.71. The zero-order valence-electron chi connectivity index (χ0n) is 9.25. The van der Waals surface area contributed by atoms with E-state index in [1.807, 2.05) is 16.3 Å². The fourth-order valence-corrected chi connectivity index (χ4v) is 2.22. The van der Waals surface area contributed by atoms with E-state index in [0.29, 0.717) is 16.3 Å². The predicted molar refractivity (Wildman–Crippen MR) is 68.3 cm³/mol. The Morgan fingerprint density at radius 3 is 2.88 bits per heavy atom. The van der Waals surface area contributed by atoms with Crippen molar-refractivity contribution in [2.45, 2.75) is 19.9 Å². The summed E-state index contributed by atoms with van der Waals surface area (Å²) in [6, 6.07) is 0. The largest absolute Gasteiger partial charge is 0.328 e. The highest BCUT2D eigenvalue weighted by atomic mass is 35.5. The molecule has 0 bridgehead atoms. The van der Waals surface area contributed by atoms with Crippen LogP contribution in [0.5, 0.6) is 0 Å². The minimum atomic E-state index is 0.503. The molecule has 4 nitrogen and oxygen atoms in total. The van der Waals surface area contributed by atoms with Gasteiger partial charge in [-0.2, -0.15) is 5.10 Å². The number of fused-ring (bicyclic) bond motifs is 1. The van der Waals surface area contributed by atoms with Gasteiger partial charge in [0, 0.05) is 12.1 Å². The Balaban J connectivity index is 2.73. The van der Waals surface area contributed by atoms with Gasteiger partial charge in [-0.1, -0.05) is 25.1 Å². The predicted octanol–water partition coefficient (Wildman–Crippen LogP) is 2.75. The first-order chi connectivity index (χ1) is 7.54. The summed E-state index contributed by atoms with van der Waals surface area (Å²) in [4.78, 5) is 3.17. The molecular formula is C10H13ClN4S. The fourth-order valence-electron chi connectivity index (χ4n) is 1.84. The van der Waals surface area contributed by atoms with Crippen LogP contribution in [0.1, 0.15) is 12.6 Å². The molecular weight excluding hydrogens is 244 g/mol. The van der Waals surface area contributed by atoms with Gasteiger partial charge in [-0.25, -0.2) is 0 Å². The van der Waals surface area contributed by atoms with E-state index in [9.17, 15) is 0 Å². The number of nitrogens with one attached hydrogen (secondary N) is 1. The molecule has 0 atom stereocenters. The molecule has 0 saturated carbocycles. The Morgan fingerprint density at radius 1 is 1.62 bits per heavy atom. The molecule has 1 N–H and O–H groups in total. The smallest absolute Gasteiger partial charge is 0.179 e. The first-order valence-electron chi connectivity index (χ1n) is 5.02. The summed E-state index contributed by atoms with van der Waals surface area (Å²) in [5.74, 6) is 0. The lowest BCUT2D eigenvalue weighted by Gasteiger charge is -2.02. The average Bonchev–Trinajstić information content (AvgIpc) is 2.66. The van der Waals surface area contributed by atoms with Crippen LogP contribution in [0.3, 0.4) is 0 Å². The second kappa shape index (κ2) is 4.07. The summed E-state index contributed by atoms with van der Waals surface area (Å²) in [7, 11) is 1.90. The van der Waals surface area contributed by atoms with Gasteiger partial charge in [0.15, 0.2) is 10.4 Å². The van der Waals surface area contributed by atoms with Crippen LogP contribution in [0.4, 0.5) is 0 Å². The van der Waals surface area contributed by atoms with Crippen molar-refractivity contribution in [1.82, 2.24) is 19.3 Å². The molecule has 0 aromatic carbocycles. The summed E-state index contributed by atoms with van der Waals surface area (Å²) in [6.45, 7) is 6.26. The second-order valence-electron chi connectivity index (χ2n) is 3.66. The van der Waals surface area contributed by atoms with Crippen LogP contribution in [0.2, 0.25) is 0 Å². The van der Waals surface area contributed by atoms with E-state index in [-0.39, 0.29) is 0 Å². The van der Waals surface area contributed by atoms with Gasteiger partial charge < -0.3 is 4.98 Å². The van der Waals surface area contributed by atoms with Crippen molar-refractivity contribution in [3.8, 4) is 0 Å². The molecule has 0 aliphatic rings. The van der Waals surface area contributed by atoms with Crippen molar-refractivity contribution in [3.63, 3.8) is 0 Å². The number of H-pyrrole nitrogens is 1. The number of aromatic nitrogens is 4. The van der Waals surface area contributed by atoms with Crippen LogP contribution in [-0.4, -0.2) is 19.3 Å². The van der Waals surface area contributed by atoms with Crippen LogP contribution in [-0.2, 0) is 20.0 Å². The Bertz CT molecular complexity index is 604. The van der Waals surface area contributed by atoms with Crippen LogP contribution in [0.15, 0.2) is 11.6 Å². The van der Waals surface area contributed by atoms with Crippen LogP contribution in [0, 0.1) is 4.77 Å². The van der Waals surface area contributed by atoms with E-state index in [0.717, 1.165) is 23.3 Å². The van der Waals surface area contributed by atoms with Crippen molar-refractivity contribution < 1.29 is 0 Å². The van der Waals surface area contributed by atoms with Crippen molar-refractivity contribution in [1.29, 1.82) is 0 Å². The van der Waals surface area contributed by atoms with E-state index in [4.69, 9.17) is 23.8 Å². The molecule has 0 radical (unpaired) electrons. The summed E-state index contributed by atoms with van der Waals surface area (Å²) in [5.41, 5.74) is 2.97. The quantitative estimate of drug-likeness (QED) is 0.858. The molecule has 6 heteroatoms. The molecule has 0 saturated heterocycles. The number of nitrogens with zero attached hydrogens (tertiary/aromatic N) is 3. The Morgan fingerprint density at radius 2 is 2.31 bits per heavy atom. The second-order valence-corrected chi connectivity index (χ2v) is 4.58. The van der Waals surface area contributed by atoms with Crippen molar-refractivity contribution >= 4 is 35.0 Å². The first-order valence-corrected chi connectivity index (χ1v) is 5.80. The average molecular weight is 257 g/mol. The zero-order valence-corrected chi connectivity index (χ0v) is 10.8. The van der Waals surface area contributed by atoms with Crippen LogP contribution >= 0.6 is 23.8 Å². The molecule has 2 aromatic heterocycles. The molecule has 2 rings (SSSR count). The number of aryl methyl sites for hydroxylation is 2. The van der Waals surface area contributed by atoms with E-state index in [2.05, 4.69) is 23.6 Å². The van der Waals surface area contributed by atoms with Crippen LogP contribution in [0.25, 0.3) is 11.2 Å². The third-order valence-electron chi connectivity index (χ3n) is 2.49. The Hall–Kier alpha value is -1.07. The highest BCUT2D eigenvalue weighted by Gasteiger charge is 2.13. The molecule has 0 aliphatic carbocycles. The number of halogens is 1. The number of hydrogen-bond acceptors (Lipinski definition) is 2. The van der Waals surface area contributed by atoms with Gasteiger partial charge in [-0.15, -0.1) is 0 Å². The lowest BCUT2D eigenvalue weighted by Crippen LogP contribution is -2.03. The lowest BCUT2D eigenvalue weighted by molar-refractivity contribution is 0.713. The SMILES string of the molecule is C=C(Cl)Cn1c(=S)[nH]c2c(CC)nn(C)c21. The molecule has 0 amide bonds. The van der Waals surface area contributed by atoms with Gasteiger partial charge in [0.05, 0.1) is 12.2 Å². The maximum absolute atomic E-state index is 5.83. The zero-order chi connectivity index (χ0) is 11.9. The Labute approximate surface area is 104 Å². The Kier molecular flexibility index (Phi) is 2.90. The monoisotopic (exact) mass is 256 g/mol. The summed E-state index contributed by atoms with van der Waals surface area (Å²) in [5, 5.41) is 4.97. The van der Waals surface area contributed by atoms with Crippen molar-refractivity contribution in [2.75, 3.05) is 0 Å². The fraction of sp³-hybridized carbons (Fsp3) is 0.400. The normalized spacial score (nSPS) is 11.2. The van der Waals surface area contributed by atoms with Crippen LogP contribution < -0.4 is 0 Å². The maximum Gasteiger partial charge on any atom is 0.179 e.